The lowest BCUT2D eigenvalue weighted by Gasteiger charge is -2.19. The first-order chi connectivity index (χ1) is 13.9. The van der Waals surface area contributed by atoms with Crippen molar-refractivity contribution in [2.45, 2.75) is 62.6 Å². The third-order valence-electron chi connectivity index (χ3n) is 5.42. The molecule has 1 atom stereocenters. The summed E-state index contributed by atoms with van der Waals surface area (Å²) in [6.45, 7) is 8.02. The molecule has 0 unspecified atom stereocenters. The van der Waals surface area contributed by atoms with Crippen LogP contribution in [0.5, 0.6) is 0 Å². The van der Waals surface area contributed by atoms with E-state index in [0.29, 0.717) is 11.9 Å². The van der Waals surface area contributed by atoms with E-state index in [-0.39, 0.29) is 17.1 Å². The van der Waals surface area contributed by atoms with Gasteiger partial charge in [0.15, 0.2) is 5.16 Å². The van der Waals surface area contributed by atoms with Crippen LogP contribution in [0.1, 0.15) is 44.7 Å². The average Bonchev–Trinajstić information content (AvgIpc) is 3.22. The van der Waals surface area contributed by atoms with E-state index in [2.05, 4.69) is 45.0 Å². The van der Waals surface area contributed by atoms with Crippen molar-refractivity contribution in [3.63, 3.8) is 0 Å². The van der Waals surface area contributed by atoms with Gasteiger partial charge >= 0.3 is 0 Å². The van der Waals surface area contributed by atoms with Gasteiger partial charge in [-0.05, 0) is 41.5 Å². The predicted octanol–water partition coefficient (Wildman–Crippen LogP) is 5.17. The first-order valence-corrected chi connectivity index (χ1v) is 11.2. The number of rotatable bonds is 5. The summed E-state index contributed by atoms with van der Waals surface area (Å²) in [4.78, 5) is 18.0. The molecule has 3 aromatic rings. The fourth-order valence-corrected chi connectivity index (χ4v) is 4.62. The highest BCUT2D eigenvalue weighted by atomic mass is 32.2. The van der Waals surface area contributed by atoms with Gasteiger partial charge in [-0.25, -0.2) is 4.98 Å². The normalized spacial score (nSPS) is 17.1. The lowest BCUT2D eigenvalue weighted by molar-refractivity contribution is 0.0937. The summed E-state index contributed by atoms with van der Waals surface area (Å²) in [6, 6.07) is 16.3. The van der Waals surface area contributed by atoms with Crippen molar-refractivity contribution in [2.75, 3.05) is 6.61 Å². The first-order valence-electron chi connectivity index (χ1n) is 10.3. The Bertz CT molecular complexity index is 1050. The highest BCUT2D eigenvalue weighted by Crippen LogP contribution is 2.26. The van der Waals surface area contributed by atoms with Crippen LogP contribution in [0.2, 0.25) is 0 Å². The van der Waals surface area contributed by atoms with Gasteiger partial charge < -0.3 is 4.74 Å². The summed E-state index contributed by atoms with van der Waals surface area (Å²) in [7, 11) is 0. The molecule has 1 fully saturated rings. The van der Waals surface area contributed by atoms with Gasteiger partial charge in [-0.15, -0.1) is 0 Å². The minimum Gasteiger partial charge on any atom is -0.376 e. The van der Waals surface area contributed by atoms with Crippen molar-refractivity contribution >= 4 is 22.7 Å². The van der Waals surface area contributed by atoms with Crippen molar-refractivity contribution in [3.8, 4) is 0 Å². The van der Waals surface area contributed by atoms with Crippen molar-refractivity contribution in [1.29, 1.82) is 0 Å². The fourth-order valence-electron chi connectivity index (χ4n) is 3.66. The van der Waals surface area contributed by atoms with Gasteiger partial charge in [0, 0.05) is 12.4 Å². The van der Waals surface area contributed by atoms with Gasteiger partial charge in [-0.2, -0.15) is 0 Å². The van der Waals surface area contributed by atoms with Gasteiger partial charge in [-0.1, -0.05) is 68.9 Å². The quantitative estimate of drug-likeness (QED) is 0.432. The van der Waals surface area contributed by atoms with Gasteiger partial charge in [-0.3, -0.25) is 9.36 Å². The Kier molecular flexibility index (Phi) is 5.79. The molecular formula is C24H28N2O2S. The second kappa shape index (κ2) is 8.33. The molecule has 5 heteroatoms. The highest BCUT2D eigenvalue weighted by Gasteiger charge is 2.20. The van der Waals surface area contributed by atoms with Gasteiger partial charge in [0.1, 0.15) is 0 Å². The van der Waals surface area contributed by atoms with E-state index in [1.165, 1.54) is 11.1 Å². The van der Waals surface area contributed by atoms with Crippen LogP contribution in [-0.2, 0) is 22.4 Å². The van der Waals surface area contributed by atoms with Crippen LogP contribution >= 0.6 is 11.8 Å². The molecule has 0 radical (unpaired) electrons. The second-order valence-corrected chi connectivity index (χ2v) is 9.64. The van der Waals surface area contributed by atoms with Crippen LogP contribution < -0.4 is 5.56 Å². The third kappa shape index (κ3) is 4.57. The Morgan fingerprint density at radius 1 is 1.14 bits per heavy atom. The number of nitrogens with zero attached hydrogens (tertiary/aromatic N) is 2. The van der Waals surface area contributed by atoms with Gasteiger partial charge in [0.05, 0.1) is 23.6 Å². The smallest absolute Gasteiger partial charge is 0.262 e. The average molecular weight is 409 g/mol. The van der Waals surface area contributed by atoms with Crippen LogP contribution in [0.3, 0.4) is 0 Å². The number of aromatic nitrogens is 2. The van der Waals surface area contributed by atoms with Crippen molar-refractivity contribution in [1.82, 2.24) is 9.55 Å². The van der Waals surface area contributed by atoms with Crippen LogP contribution in [0, 0.1) is 0 Å². The molecule has 1 aliphatic heterocycles. The summed E-state index contributed by atoms with van der Waals surface area (Å²) in [6.07, 6.45) is 2.15. The molecule has 29 heavy (non-hydrogen) atoms. The SMILES string of the molecule is CC(C)(C)c1ccc(CSc2nc3ccccc3c(=O)n2C[C@@H]2CCCO2)cc1. The number of benzene rings is 2. The molecule has 0 spiro atoms. The van der Waals surface area contributed by atoms with E-state index in [1.807, 2.05) is 28.8 Å². The summed E-state index contributed by atoms with van der Waals surface area (Å²) >= 11 is 1.62. The topological polar surface area (TPSA) is 44.1 Å². The Labute approximate surface area is 176 Å². The van der Waals surface area contributed by atoms with Crippen molar-refractivity contribution in [2.24, 2.45) is 0 Å². The maximum atomic E-state index is 13.2. The standard InChI is InChI=1S/C24H28N2O2S/c1-24(2,3)18-12-10-17(11-13-18)16-29-23-25-21-9-5-4-8-20(21)22(27)26(23)15-19-7-6-14-28-19/h4-5,8-13,19H,6-7,14-16H2,1-3H3/t19-/m0/s1. The van der Waals surface area contributed by atoms with E-state index >= 15 is 0 Å². The summed E-state index contributed by atoms with van der Waals surface area (Å²) < 4.78 is 7.60. The minimum atomic E-state index is 0.0247. The monoisotopic (exact) mass is 408 g/mol. The zero-order valence-electron chi connectivity index (χ0n) is 17.4. The molecule has 2 heterocycles. The van der Waals surface area contributed by atoms with E-state index in [1.54, 1.807) is 11.8 Å². The number of hydrogen-bond acceptors (Lipinski definition) is 4. The fraction of sp³-hybridized carbons (Fsp3) is 0.417. The van der Waals surface area contributed by atoms with Crippen molar-refractivity contribution < 1.29 is 4.74 Å². The minimum absolute atomic E-state index is 0.0247. The number of ether oxygens (including phenoxy) is 1. The zero-order valence-corrected chi connectivity index (χ0v) is 18.2. The highest BCUT2D eigenvalue weighted by molar-refractivity contribution is 7.98. The second-order valence-electron chi connectivity index (χ2n) is 8.70. The Morgan fingerprint density at radius 3 is 2.59 bits per heavy atom. The van der Waals surface area contributed by atoms with Gasteiger partial charge in [0.2, 0.25) is 0 Å². The molecule has 1 aliphatic rings. The predicted molar refractivity (Wildman–Crippen MR) is 120 cm³/mol. The number of para-hydroxylation sites is 1. The Hall–Kier alpha value is -2.11. The maximum absolute atomic E-state index is 13.2. The number of fused-ring (bicyclic) bond motifs is 1. The molecule has 1 saturated heterocycles. The number of hydrogen-bond donors (Lipinski definition) is 0. The molecular weight excluding hydrogens is 380 g/mol. The Morgan fingerprint density at radius 2 is 1.90 bits per heavy atom. The van der Waals surface area contributed by atoms with Crippen molar-refractivity contribution in [3.05, 3.63) is 70.0 Å². The van der Waals surface area contributed by atoms with Crippen LogP contribution in [-0.4, -0.2) is 22.3 Å². The van der Waals surface area contributed by atoms with Crippen LogP contribution in [0.4, 0.5) is 0 Å². The maximum Gasteiger partial charge on any atom is 0.262 e. The molecule has 0 saturated carbocycles. The molecule has 0 aliphatic carbocycles. The summed E-state index contributed by atoms with van der Waals surface area (Å²) in [5, 5.41) is 1.44. The lowest BCUT2D eigenvalue weighted by atomic mass is 9.87. The first kappa shape index (κ1) is 20.2. The molecule has 1 aromatic heterocycles. The molecule has 4 rings (SSSR count). The number of thioether (sulfide) groups is 1. The molecule has 0 amide bonds. The largest absolute Gasteiger partial charge is 0.376 e. The van der Waals surface area contributed by atoms with E-state index in [0.717, 1.165) is 35.9 Å². The summed E-state index contributed by atoms with van der Waals surface area (Å²) in [5.74, 6) is 0.778. The molecule has 0 N–H and O–H groups in total. The van der Waals surface area contributed by atoms with E-state index in [4.69, 9.17) is 9.72 Å². The van der Waals surface area contributed by atoms with E-state index < -0.39 is 0 Å². The lowest BCUT2D eigenvalue weighted by Crippen LogP contribution is -2.28. The zero-order chi connectivity index (χ0) is 20.4. The molecule has 4 nitrogen and oxygen atoms in total. The van der Waals surface area contributed by atoms with Crippen LogP contribution in [0.15, 0.2) is 58.5 Å². The molecule has 0 bridgehead atoms. The molecule has 2 aromatic carbocycles. The molecule has 152 valence electrons. The van der Waals surface area contributed by atoms with E-state index in [9.17, 15) is 4.79 Å². The summed E-state index contributed by atoms with van der Waals surface area (Å²) in [5.41, 5.74) is 3.48. The third-order valence-corrected chi connectivity index (χ3v) is 6.47. The van der Waals surface area contributed by atoms with Crippen LogP contribution in [0.25, 0.3) is 10.9 Å². The Balaban J connectivity index is 1.62. The van der Waals surface area contributed by atoms with Gasteiger partial charge in [0.25, 0.3) is 5.56 Å².